The van der Waals surface area contributed by atoms with Crippen molar-refractivity contribution in [2.45, 2.75) is 9.79 Å². The van der Waals surface area contributed by atoms with Crippen molar-refractivity contribution in [3.63, 3.8) is 0 Å². The van der Waals surface area contributed by atoms with E-state index in [1.165, 1.54) is 0 Å². The second kappa shape index (κ2) is 11.2. The summed E-state index contributed by atoms with van der Waals surface area (Å²) in [5.41, 5.74) is 16.8. The summed E-state index contributed by atoms with van der Waals surface area (Å²) in [4.78, 5) is 44.4. The number of nitrogens with zero attached hydrogens (tertiary/aromatic N) is 4. The standard InChI is InChI=1S/C16H22N12O11S2/c17-13(29)25(21)7-1-5(3-9(40(33,34)35)11(7)27(23)15(19)31)39-6-2-8(26(22)14(18)30)12(28(24)16(20)32)10(4-6)41(36,37)38/h1-4H,21-24H2,(H2,17,29)(H2,18,30)(H2,19,31)(H2,20,32)(H,33,34,35)(H,36,37,38). The highest BCUT2D eigenvalue weighted by molar-refractivity contribution is 7.86. The lowest BCUT2D eigenvalue weighted by Crippen LogP contribution is -2.46. The zero-order valence-electron chi connectivity index (χ0n) is 20.1. The number of primary amides is 4. The third-order valence-electron chi connectivity index (χ3n) is 4.80. The van der Waals surface area contributed by atoms with Gasteiger partial charge in [-0.25, -0.2) is 62.6 Å². The molecule has 0 atom stereocenters. The minimum absolute atomic E-state index is 0.0207. The van der Waals surface area contributed by atoms with Crippen LogP contribution in [0.5, 0.6) is 11.5 Å². The molecule has 0 aromatic heterocycles. The molecule has 41 heavy (non-hydrogen) atoms. The van der Waals surface area contributed by atoms with Gasteiger partial charge in [-0.05, 0) is 0 Å². The monoisotopic (exact) mass is 622 g/mol. The molecule has 0 fully saturated rings. The summed E-state index contributed by atoms with van der Waals surface area (Å²) in [6.45, 7) is 0. The molecule has 0 aliphatic rings. The Kier molecular flexibility index (Phi) is 8.82. The Morgan fingerprint density at radius 1 is 0.561 bits per heavy atom. The molecule has 18 N–H and O–H groups in total. The number of ether oxygens (including phenoxy) is 1. The van der Waals surface area contributed by atoms with E-state index in [-0.39, 0.29) is 20.0 Å². The van der Waals surface area contributed by atoms with E-state index in [9.17, 15) is 45.1 Å². The highest BCUT2D eigenvalue weighted by Crippen LogP contribution is 2.42. The van der Waals surface area contributed by atoms with Crippen molar-refractivity contribution in [2.24, 2.45) is 46.3 Å². The van der Waals surface area contributed by atoms with Gasteiger partial charge in [-0.1, -0.05) is 0 Å². The van der Waals surface area contributed by atoms with Crippen LogP contribution in [-0.4, -0.2) is 50.1 Å². The molecule has 224 valence electrons. The van der Waals surface area contributed by atoms with Crippen molar-refractivity contribution in [3.05, 3.63) is 24.3 Å². The van der Waals surface area contributed by atoms with Crippen LogP contribution in [-0.2, 0) is 20.2 Å². The van der Waals surface area contributed by atoms with Gasteiger partial charge in [0.2, 0.25) is 0 Å². The van der Waals surface area contributed by atoms with E-state index < -0.39 is 88.4 Å². The van der Waals surface area contributed by atoms with Crippen LogP contribution in [0.25, 0.3) is 0 Å². The van der Waals surface area contributed by atoms with E-state index in [1.807, 2.05) is 0 Å². The maximum atomic E-state index is 12.2. The largest absolute Gasteiger partial charge is 0.457 e. The first-order valence-corrected chi connectivity index (χ1v) is 12.8. The van der Waals surface area contributed by atoms with Crippen LogP contribution < -0.4 is 71.1 Å². The number of rotatable bonds is 8. The van der Waals surface area contributed by atoms with Gasteiger partial charge in [0, 0.05) is 24.3 Å². The lowest BCUT2D eigenvalue weighted by atomic mass is 10.2. The summed E-state index contributed by atoms with van der Waals surface area (Å²) in [6, 6.07) is -3.50. The van der Waals surface area contributed by atoms with Crippen molar-refractivity contribution in [2.75, 3.05) is 20.0 Å². The number of carbonyl (C=O) groups is 4. The smallest absolute Gasteiger partial charge is 0.333 e. The molecule has 0 aliphatic carbocycles. The highest BCUT2D eigenvalue weighted by Gasteiger charge is 2.32. The number of urea groups is 4. The van der Waals surface area contributed by atoms with E-state index in [2.05, 4.69) is 0 Å². The van der Waals surface area contributed by atoms with Gasteiger partial charge < -0.3 is 27.7 Å². The third-order valence-corrected chi connectivity index (χ3v) is 6.53. The molecular weight excluding hydrogens is 600 g/mol. The summed E-state index contributed by atoms with van der Waals surface area (Å²) in [6.07, 6.45) is 0. The second-order valence-electron chi connectivity index (χ2n) is 7.46. The summed E-state index contributed by atoms with van der Waals surface area (Å²) in [7, 11) is -10.7. The second-order valence-corrected chi connectivity index (χ2v) is 10.2. The van der Waals surface area contributed by atoms with Crippen LogP contribution in [0.3, 0.4) is 0 Å². The van der Waals surface area contributed by atoms with Crippen LogP contribution in [0.15, 0.2) is 34.1 Å². The molecule has 0 radical (unpaired) electrons. The normalized spacial score (nSPS) is 11.4. The van der Waals surface area contributed by atoms with Crippen molar-refractivity contribution in [1.82, 2.24) is 0 Å². The quantitative estimate of drug-likeness (QED) is 0.0607. The van der Waals surface area contributed by atoms with E-state index in [0.717, 1.165) is 0 Å². The van der Waals surface area contributed by atoms with Gasteiger partial charge in [-0.3, -0.25) is 9.11 Å². The summed E-state index contributed by atoms with van der Waals surface area (Å²) in [5.74, 6) is 20.7. The first-order chi connectivity index (χ1) is 18.6. The third kappa shape index (κ3) is 6.77. The molecule has 2 aromatic carbocycles. The van der Waals surface area contributed by atoms with Gasteiger partial charge in [0.25, 0.3) is 20.2 Å². The van der Waals surface area contributed by atoms with E-state index in [1.54, 1.807) is 0 Å². The van der Waals surface area contributed by atoms with Crippen molar-refractivity contribution < 1.29 is 49.9 Å². The Bertz CT molecular complexity index is 1540. The van der Waals surface area contributed by atoms with Gasteiger partial charge in [0.05, 0.1) is 11.4 Å². The van der Waals surface area contributed by atoms with E-state index in [0.29, 0.717) is 24.3 Å². The summed E-state index contributed by atoms with van der Waals surface area (Å²) in [5, 5.41) is 0.0811. The van der Waals surface area contributed by atoms with Crippen LogP contribution >= 0.6 is 0 Å². The first-order valence-electron chi connectivity index (χ1n) is 9.95. The number of nitrogens with two attached hydrogens (primary N) is 8. The molecule has 0 bridgehead atoms. The first kappa shape index (κ1) is 32.2. The predicted molar refractivity (Wildman–Crippen MR) is 138 cm³/mol. The molecule has 0 saturated heterocycles. The lowest BCUT2D eigenvalue weighted by molar-refractivity contribution is 0.252. The molecule has 8 amide bonds. The molecule has 0 spiro atoms. The number of hydrazine groups is 4. The van der Waals surface area contributed by atoms with Crippen LogP contribution in [0, 0.1) is 0 Å². The molecule has 0 saturated carbocycles. The predicted octanol–water partition coefficient (Wildman–Crippen LogP) is -2.99. The molecule has 25 heteroatoms. The number of benzene rings is 2. The Morgan fingerprint density at radius 3 is 1.05 bits per heavy atom. The molecule has 23 nitrogen and oxygen atoms in total. The number of hydrogen-bond donors (Lipinski definition) is 10. The van der Waals surface area contributed by atoms with Gasteiger partial charge in [-0.15, -0.1) is 0 Å². The molecule has 0 unspecified atom stereocenters. The van der Waals surface area contributed by atoms with Gasteiger partial charge in [0.1, 0.15) is 32.7 Å². The Balaban J connectivity index is 3.02. The lowest BCUT2D eigenvalue weighted by Gasteiger charge is -2.26. The molecule has 2 rings (SSSR count). The van der Waals surface area contributed by atoms with E-state index in [4.69, 9.17) is 51.0 Å². The van der Waals surface area contributed by atoms with Crippen LogP contribution in [0.4, 0.5) is 41.9 Å². The van der Waals surface area contributed by atoms with Gasteiger partial charge >= 0.3 is 24.1 Å². The Morgan fingerprint density at radius 2 is 0.829 bits per heavy atom. The van der Waals surface area contributed by atoms with Crippen molar-refractivity contribution in [3.8, 4) is 11.5 Å². The zero-order chi connectivity index (χ0) is 31.8. The minimum Gasteiger partial charge on any atom is -0.457 e. The maximum Gasteiger partial charge on any atom is 0.333 e. The Hall–Kier alpha value is -5.02. The molecule has 0 aliphatic heterocycles. The average Bonchev–Trinajstić information content (AvgIpc) is 2.84. The Labute approximate surface area is 229 Å². The number of carbonyl (C=O) groups excluding carboxylic acids is 4. The molecule has 0 heterocycles. The summed E-state index contributed by atoms with van der Waals surface area (Å²) < 4.78 is 73.6. The fraction of sp³-hybridized carbons (Fsp3) is 0. The number of amides is 8. The minimum atomic E-state index is -5.34. The van der Waals surface area contributed by atoms with Gasteiger partial charge in [-0.2, -0.15) is 16.8 Å². The molecule has 2 aromatic rings. The maximum absolute atomic E-state index is 12.2. The van der Waals surface area contributed by atoms with E-state index >= 15 is 0 Å². The topological polar surface area (TPSA) is 407 Å². The molecular formula is C16H22N12O11S2. The average molecular weight is 623 g/mol. The van der Waals surface area contributed by atoms with Crippen LogP contribution in [0.1, 0.15) is 0 Å². The highest BCUT2D eigenvalue weighted by atomic mass is 32.2. The van der Waals surface area contributed by atoms with Crippen molar-refractivity contribution in [1.29, 1.82) is 0 Å². The number of hydrogen-bond acceptors (Lipinski definition) is 13. The SMILES string of the molecule is NC(=O)N(N)c1cc(Oc2cc(N(N)C(N)=O)c(N(N)C(N)=O)c(S(=O)(=O)O)c2)cc(S(=O)(=O)O)c1N(N)C(N)=O. The number of anilines is 4. The fourth-order valence-corrected chi connectivity index (χ4v) is 4.52. The fourth-order valence-electron chi connectivity index (χ4n) is 3.09. The van der Waals surface area contributed by atoms with Crippen molar-refractivity contribution >= 4 is 67.1 Å². The van der Waals surface area contributed by atoms with Crippen LogP contribution in [0.2, 0.25) is 0 Å². The zero-order valence-corrected chi connectivity index (χ0v) is 21.7. The summed E-state index contributed by atoms with van der Waals surface area (Å²) >= 11 is 0. The van der Waals surface area contributed by atoms with Gasteiger partial charge in [0.15, 0.2) is 0 Å².